The van der Waals surface area contributed by atoms with E-state index >= 15 is 0 Å². The van der Waals surface area contributed by atoms with Gasteiger partial charge in [-0.2, -0.15) is 9.36 Å². The van der Waals surface area contributed by atoms with Gasteiger partial charge in [0.15, 0.2) is 5.13 Å². The largest absolute Gasteiger partial charge is 0.477 e. The monoisotopic (exact) mass is 533 g/mol. The zero-order chi connectivity index (χ0) is 24.9. The van der Waals surface area contributed by atoms with Crippen molar-refractivity contribution in [3.05, 3.63) is 51.9 Å². The Morgan fingerprint density at radius 2 is 2.31 bits per heavy atom. The molecular formula is C20H19N7O5S3. The summed E-state index contributed by atoms with van der Waals surface area (Å²) in [4.78, 5) is 52.5. The second kappa shape index (κ2) is 10.9. The Morgan fingerprint density at radius 1 is 1.49 bits per heavy atom. The maximum Gasteiger partial charge on any atom is 0.353 e. The van der Waals surface area contributed by atoms with Crippen LogP contribution in [0.25, 0.3) is 6.08 Å². The molecule has 4 N–H and O–H groups in total. The third kappa shape index (κ3) is 5.31. The molecule has 1 saturated heterocycles. The van der Waals surface area contributed by atoms with Gasteiger partial charge in [-0.25, -0.2) is 4.79 Å². The number of anilines is 1. The number of fused-ring (bicyclic) bond motifs is 1. The van der Waals surface area contributed by atoms with Crippen molar-refractivity contribution in [3.8, 4) is 0 Å². The number of nitrogen functional groups attached to an aromatic ring is 1. The summed E-state index contributed by atoms with van der Waals surface area (Å²) in [6.45, 7) is 1.89. The van der Waals surface area contributed by atoms with Gasteiger partial charge in [0, 0.05) is 34.6 Å². The van der Waals surface area contributed by atoms with E-state index in [2.05, 4.69) is 24.8 Å². The fourth-order valence-corrected chi connectivity index (χ4v) is 6.00. The molecular weight excluding hydrogens is 514 g/mol. The summed E-state index contributed by atoms with van der Waals surface area (Å²) in [5, 5.41) is 17.5. The van der Waals surface area contributed by atoms with Crippen molar-refractivity contribution in [3.63, 3.8) is 0 Å². The Kier molecular flexibility index (Phi) is 7.67. The highest BCUT2D eigenvalue weighted by atomic mass is 32.2. The van der Waals surface area contributed by atoms with Gasteiger partial charge in [-0.3, -0.25) is 19.5 Å². The molecule has 1 fully saturated rings. The highest BCUT2D eigenvalue weighted by Crippen LogP contribution is 2.43. The molecule has 182 valence electrons. The number of carboxylic acids is 1. The Hall–Kier alpha value is -3.43. The molecule has 0 saturated carbocycles. The second-order valence-corrected chi connectivity index (χ2v) is 9.85. The first-order valence-electron chi connectivity index (χ1n) is 10.2. The minimum absolute atomic E-state index is 0.0245. The number of hydrogen-bond acceptors (Lipinski definition) is 12. The molecule has 15 heteroatoms. The number of carbonyl (C=O) groups excluding carboxylic acids is 2. The lowest BCUT2D eigenvalue weighted by molar-refractivity contribution is -0.150. The van der Waals surface area contributed by atoms with Gasteiger partial charge >= 0.3 is 5.97 Å². The number of carbonyl (C=O) groups is 3. The number of β-lactam (4-membered cyclic amide) rings is 1. The van der Waals surface area contributed by atoms with Crippen LogP contribution >= 0.6 is 35.1 Å². The molecule has 4 rings (SSSR count). The van der Waals surface area contributed by atoms with Gasteiger partial charge in [0.05, 0.1) is 0 Å². The van der Waals surface area contributed by atoms with Crippen LogP contribution in [0.4, 0.5) is 5.13 Å². The number of aliphatic carboxylic acids is 1. The van der Waals surface area contributed by atoms with Crippen LogP contribution < -0.4 is 11.1 Å². The first-order valence-corrected chi connectivity index (χ1v) is 12.9. The van der Waals surface area contributed by atoms with Gasteiger partial charge in [-0.1, -0.05) is 23.0 Å². The Morgan fingerprint density at radius 3 is 2.97 bits per heavy atom. The molecule has 35 heavy (non-hydrogen) atoms. The molecule has 2 amide bonds. The van der Waals surface area contributed by atoms with Crippen molar-refractivity contribution in [2.75, 3.05) is 18.1 Å². The van der Waals surface area contributed by atoms with E-state index in [9.17, 15) is 19.5 Å². The molecule has 0 bridgehead atoms. The summed E-state index contributed by atoms with van der Waals surface area (Å²) in [6.07, 6.45) is 5.15. The van der Waals surface area contributed by atoms with E-state index < -0.39 is 29.2 Å². The third-order valence-corrected chi connectivity index (χ3v) is 7.63. The fourth-order valence-electron chi connectivity index (χ4n) is 3.20. The zero-order valence-corrected chi connectivity index (χ0v) is 20.6. The number of hydrogen-bond donors (Lipinski definition) is 3. The van der Waals surface area contributed by atoms with E-state index in [0.717, 1.165) is 17.1 Å². The molecule has 2 aromatic rings. The number of nitrogens with one attached hydrogen (secondary N) is 1. The lowest BCUT2D eigenvalue weighted by atomic mass is 10.0. The van der Waals surface area contributed by atoms with E-state index in [1.54, 1.807) is 36.9 Å². The summed E-state index contributed by atoms with van der Waals surface area (Å²) in [5.41, 5.74) is 6.14. The normalized spacial score (nSPS) is 20.0. The molecule has 0 aliphatic carbocycles. The van der Waals surface area contributed by atoms with E-state index in [0.29, 0.717) is 10.7 Å². The van der Waals surface area contributed by atoms with Crippen molar-refractivity contribution in [2.24, 2.45) is 5.16 Å². The topological polar surface area (TPSA) is 173 Å². The molecule has 2 unspecified atom stereocenters. The number of nitrogens with two attached hydrogens (primary N) is 1. The smallest absolute Gasteiger partial charge is 0.353 e. The van der Waals surface area contributed by atoms with E-state index in [1.807, 2.05) is 6.07 Å². The van der Waals surface area contributed by atoms with Crippen molar-refractivity contribution < 1.29 is 24.3 Å². The molecule has 2 aliphatic heterocycles. The van der Waals surface area contributed by atoms with Crippen LogP contribution in [0.5, 0.6) is 0 Å². The summed E-state index contributed by atoms with van der Waals surface area (Å²) < 4.78 is 3.97. The SMILES string of the molecule is CCO/N=C(/C(=O)NC1C(=O)N2C(C(=O)O)=C(S/C=C\c3cccnc3)CSC12)c1nsc(N)n1. The minimum Gasteiger partial charge on any atom is -0.477 e. The molecule has 4 heterocycles. The van der Waals surface area contributed by atoms with Crippen LogP contribution in [-0.2, 0) is 19.2 Å². The van der Waals surface area contributed by atoms with E-state index in [4.69, 9.17) is 10.6 Å². The van der Waals surface area contributed by atoms with Crippen molar-refractivity contribution in [1.29, 1.82) is 0 Å². The number of amides is 2. The van der Waals surface area contributed by atoms with Gasteiger partial charge in [-0.15, -0.1) is 11.8 Å². The predicted molar refractivity (Wildman–Crippen MR) is 133 cm³/mol. The standard InChI is InChI=1S/C20H19N7O5S3/c1-2-32-25-12(15-24-20(21)35-26-15)16(28)23-13-17(29)27-14(19(30)31)11(9-34-18(13)27)33-7-5-10-4-3-6-22-8-10/h3-8,13,18H,2,9H2,1H3,(H,23,28)(H,30,31)(H2,21,24,26)/b7-5-,25-12+. The first-order chi connectivity index (χ1) is 16.9. The number of nitrogens with zero attached hydrogens (tertiary/aromatic N) is 5. The second-order valence-electron chi connectivity index (χ2n) is 6.96. The van der Waals surface area contributed by atoms with Gasteiger partial charge in [0.1, 0.15) is 23.7 Å². The lowest BCUT2D eigenvalue weighted by Crippen LogP contribution is -2.71. The molecule has 0 radical (unpaired) electrons. The number of pyridine rings is 1. The number of oxime groups is 1. The molecule has 2 aromatic heterocycles. The molecule has 0 spiro atoms. The van der Waals surface area contributed by atoms with Crippen molar-refractivity contribution >= 4 is 69.8 Å². The van der Waals surface area contributed by atoms with Gasteiger partial charge in [-0.05, 0) is 30.0 Å². The highest BCUT2D eigenvalue weighted by Gasteiger charge is 2.54. The Balaban J connectivity index is 1.49. The maximum atomic E-state index is 12.9. The minimum atomic E-state index is -1.22. The van der Waals surface area contributed by atoms with Gasteiger partial charge in [0.25, 0.3) is 11.8 Å². The molecule has 2 aliphatic rings. The quantitative estimate of drug-likeness (QED) is 0.241. The van der Waals surface area contributed by atoms with Crippen LogP contribution in [-0.4, -0.2) is 71.6 Å². The summed E-state index contributed by atoms with van der Waals surface area (Å²) in [6, 6.07) is 2.72. The predicted octanol–water partition coefficient (Wildman–Crippen LogP) is 1.36. The Bertz CT molecular complexity index is 1230. The number of rotatable bonds is 9. The average Bonchev–Trinajstić information content (AvgIpc) is 3.28. The van der Waals surface area contributed by atoms with E-state index in [-0.39, 0.29) is 29.0 Å². The molecule has 12 nitrogen and oxygen atoms in total. The third-order valence-electron chi connectivity index (χ3n) is 4.73. The van der Waals surface area contributed by atoms with Crippen LogP contribution in [0.1, 0.15) is 18.3 Å². The maximum absolute atomic E-state index is 12.9. The average molecular weight is 534 g/mol. The molecule has 2 atom stereocenters. The van der Waals surface area contributed by atoms with Crippen LogP contribution in [0.15, 0.2) is 45.7 Å². The van der Waals surface area contributed by atoms with Gasteiger partial charge in [0.2, 0.25) is 11.5 Å². The van der Waals surface area contributed by atoms with Crippen LogP contribution in [0.2, 0.25) is 0 Å². The highest BCUT2D eigenvalue weighted by molar-refractivity contribution is 8.08. The summed E-state index contributed by atoms with van der Waals surface area (Å²) in [7, 11) is 0. The van der Waals surface area contributed by atoms with Gasteiger partial charge < -0.3 is 21.0 Å². The number of aromatic nitrogens is 3. The lowest BCUT2D eigenvalue weighted by Gasteiger charge is -2.49. The molecule has 0 aromatic carbocycles. The fraction of sp³-hybridized carbons (Fsp3) is 0.250. The zero-order valence-electron chi connectivity index (χ0n) is 18.2. The Labute approximate surface area is 211 Å². The summed E-state index contributed by atoms with van der Waals surface area (Å²) in [5.74, 6) is -2.15. The summed E-state index contributed by atoms with van der Waals surface area (Å²) >= 11 is 3.47. The van der Waals surface area contributed by atoms with E-state index in [1.165, 1.54) is 28.4 Å². The number of carboxylic acid groups (broad SMARTS) is 1. The first kappa shape index (κ1) is 24.7. The van der Waals surface area contributed by atoms with Crippen LogP contribution in [0.3, 0.4) is 0 Å². The van der Waals surface area contributed by atoms with Crippen molar-refractivity contribution in [1.82, 2.24) is 24.6 Å². The van der Waals surface area contributed by atoms with Crippen molar-refractivity contribution in [2.45, 2.75) is 18.3 Å². The number of thioether (sulfide) groups is 2. The van der Waals surface area contributed by atoms with Crippen LogP contribution in [0, 0.1) is 0 Å².